The largest absolute Gasteiger partial charge is 0.289 e. The Morgan fingerprint density at radius 1 is 1.23 bits per heavy atom. The number of halogens is 1. The lowest BCUT2D eigenvalue weighted by molar-refractivity contribution is -0.384. The van der Waals surface area contributed by atoms with Crippen LogP contribution in [-0.2, 0) is 0 Å². The van der Waals surface area contributed by atoms with Crippen LogP contribution in [0.3, 0.4) is 0 Å². The Morgan fingerprint density at radius 3 is 2.82 bits per heavy atom. The molecule has 22 heavy (non-hydrogen) atoms. The minimum Gasteiger partial charge on any atom is -0.289 e. The van der Waals surface area contributed by atoms with Crippen molar-refractivity contribution in [3.05, 3.63) is 75.1 Å². The van der Waals surface area contributed by atoms with E-state index < -0.39 is 10.7 Å². The van der Waals surface area contributed by atoms with E-state index in [1.807, 2.05) is 0 Å². The molecule has 0 aromatic heterocycles. The van der Waals surface area contributed by atoms with Gasteiger partial charge in [0.05, 0.1) is 4.92 Å². The Bertz CT molecular complexity index is 817. The SMILES string of the molecule is O=C1C(=Cc2cccc([N+](=O)[O-])c2)CSc2ccc(F)cc21. The fourth-order valence-corrected chi connectivity index (χ4v) is 3.23. The van der Waals surface area contributed by atoms with Crippen molar-refractivity contribution in [3.8, 4) is 0 Å². The molecular formula is C16H10FNO3S. The van der Waals surface area contributed by atoms with Crippen LogP contribution in [0.4, 0.5) is 10.1 Å². The first-order valence-corrected chi connectivity index (χ1v) is 7.45. The summed E-state index contributed by atoms with van der Waals surface area (Å²) < 4.78 is 13.3. The van der Waals surface area contributed by atoms with Gasteiger partial charge in [-0.1, -0.05) is 12.1 Å². The predicted octanol–water partition coefficient (Wildman–Crippen LogP) is 4.11. The number of hydrogen-bond acceptors (Lipinski definition) is 4. The van der Waals surface area contributed by atoms with Crippen molar-refractivity contribution in [1.29, 1.82) is 0 Å². The lowest BCUT2D eigenvalue weighted by Crippen LogP contribution is -2.12. The van der Waals surface area contributed by atoms with Crippen molar-refractivity contribution in [2.75, 3.05) is 5.75 Å². The molecule has 0 unspecified atom stereocenters. The number of rotatable bonds is 2. The van der Waals surface area contributed by atoms with Gasteiger partial charge in [-0.25, -0.2) is 4.39 Å². The maximum atomic E-state index is 13.3. The number of non-ortho nitro benzene ring substituents is 1. The second-order valence-electron chi connectivity index (χ2n) is 4.78. The average Bonchev–Trinajstić information content (AvgIpc) is 2.51. The predicted molar refractivity (Wildman–Crippen MR) is 82.5 cm³/mol. The Labute approximate surface area is 129 Å². The molecule has 0 fully saturated rings. The van der Waals surface area contributed by atoms with Gasteiger partial charge in [0.2, 0.25) is 0 Å². The van der Waals surface area contributed by atoms with Crippen LogP contribution in [0.1, 0.15) is 15.9 Å². The molecule has 3 rings (SSSR count). The van der Waals surface area contributed by atoms with Gasteiger partial charge in [0, 0.05) is 33.9 Å². The summed E-state index contributed by atoms with van der Waals surface area (Å²) in [4.78, 5) is 23.5. The van der Waals surface area contributed by atoms with Crippen LogP contribution >= 0.6 is 11.8 Å². The Kier molecular flexibility index (Phi) is 3.77. The molecule has 2 aromatic rings. The first-order valence-electron chi connectivity index (χ1n) is 6.46. The number of nitro groups is 1. The molecule has 110 valence electrons. The summed E-state index contributed by atoms with van der Waals surface area (Å²) in [7, 11) is 0. The third kappa shape index (κ3) is 2.78. The molecule has 2 aromatic carbocycles. The number of carbonyl (C=O) groups excluding carboxylic acids is 1. The van der Waals surface area contributed by atoms with Gasteiger partial charge in [0.15, 0.2) is 5.78 Å². The van der Waals surface area contributed by atoms with Gasteiger partial charge in [-0.3, -0.25) is 14.9 Å². The van der Waals surface area contributed by atoms with Crippen molar-refractivity contribution in [3.63, 3.8) is 0 Å². The minimum atomic E-state index is -0.482. The maximum absolute atomic E-state index is 13.3. The zero-order chi connectivity index (χ0) is 15.7. The fraction of sp³-hybridized carbons (Fsp3) is 0.0625. The molecule has 0 N–H and O–H groups in total. The van der Waals surface area contributed by atoms with Gasteiger partial charge in [0.1, 0.15) is 5.82 Å². The van der Waals surface area contributed by atoms with Crippen molar-refractivity contribution in [1.82, 2.24) is 0 Å². The number of ketones is 1. The smallest absolute Gasteiger partial charge is 0.270 e. The second-order valence-corrected chi connectivity index (χ2v) is 5.80. The molecule has 0 saturated carbocycles. The first-order chi connectivity index (χ1) is 10.5. The summed E-state index contributed by atoms with van der Waals surface area (Å²) in [5.41, 5.74) is 1.39. The molecule has 4 nitrogen and oxygen atoms in total. The van der Waals surface area contributed by atoms with Crippen molar-refractivity contribution in [2.24, 2.45) is 0 Å². The van der Waals surface area contributed by atoms with Crippen LogP contribution in [0.25, 0.3) is 6.08 Å². The summed E-state index contributed by atoms with van der Waals surface area (Å²) in [5, 5.41) is 10.8. The van der Waals surface area contributed by atoms with E-state index in [0.29, 0.717) is 22.5 Å². The van der Waals surface area contributed by atoms with Crippen molar-refractivity contribution in [2.45, 2.75) is 4.90 Å². The molecule has 0 atom stereocenters. The molecule has 1 heterocycles. The summed E-state index contributed by atoms with van der Waals surface area (Å²) in [6.07, 6.45) is 1.62. The average molecular weight is 315 g/mol. The van der Waals surface area contributed by atoms with E-state index in [1.165, 1.54) is 36.0 Å². The number of thioether (sulfide) groups is 1. The fourth-order valence-electron chi connectivity index (χ4n) is 2.24. The van der Waals surface area contributed by atoms with E-state index in [4.69, 9.17) is 0 Å². The van der Waals surface area contributed by atoms with Gasteiger partial charge in [0.25, 0.3) is 5.69 Å². The van der Waals surface area contributed by atoms with Gasteiger partial charge < -0.3 is 0 Å². The van der Waals surface area contributed by atoms with Crippen LogP contribution < -0.4 is 0 Å². The zero-order valence-corrected chi connectivity index (χ0v) is 12.1. The van der Waals surface area contributed by atoms with E-state index in [1.54, 1.807) is 24.3 Å². The first kappa shape index (κ1) is 14.5. The van der Waals surface area contributed by atoms with E-state index in [2.05, 4.69) is 0 Å². The summed E-state index contributed by atoms with van der Waals surface area (Å²) in [5.74, 6) is -0.232. The van der Waals surface area contributed by atoms with Gasteiger partial charge in [-0.2, -0.15) is 0 Å². The van der Waals surface area contributed by atoms with E-state index in [-0.39, 0.29) is 11.5 Å². The van der Waals surface area contributed by atoms with Gasteiger partial charge in [-0.05, 0) is 29.8 Å². The van der Waals surface area contributed by atoms with Gasteiger partial charge in [-0.15, -0.1) is 11.8 Å². The number of nitrogens with zero attached hydrogens (tertiary/aromatic N) is 1. The molecule has 1 aliphatic heterocycles. The molecule has 0 amide bonds. The monoisotopic (exact) mass is 315 g/mol. The molecule has 0 saturated heterocycles. The lowest BCUT2D eigenvalue weighted by atomic mass is 10.0. The molecule has 1 aliphatic rings. The Hall–Kier alpha value is -2.47. The topological polar surface area (TPSA) is 60.2 Å². The van der Waals surface area contributed by atoms with Crippen LogP contribution in [0, 0.1) is 15.9 Å². The number of nitro benzene ring substituents is 1. The van der Waals surface area contributed by atoms with Crippen LogP contribution in [0.5, 0.6) is 0 Å². The molecule has 0 spiro atoms. The quantitative estimate of drug-likeness (QED) is 0.475. The molecular weight excluding hydrogens is 305 g/mol. The van der Waals surface area contributed by atoms with Crippen molar-refractivity contribution >= 4 is 29.3 Å². The summed E-state index contributed by atoms with van der Waals surface area (Å²) in [6, 6.07) is 10.2. The maximum Gasteiger partial charge on any atom is 0.270 e. The number of hydrogen-bond donors (Lipinski definition) is 0. The third-order valence-corrected chi connectivity index (χ3v) is 4.41. The highest BCUT2D eigenvalue weighted by atomic mass is 32.2. The highest BCUT2D eigenvalue weighted by Gasteiger charge is 2.23. The molecule has 0 bridgehead atoms. The van der Waals surface area contributed by atoms with Crippen LogP contribution in [-0.4, -0.2) is 16.5 Å². The number of carbonyl (C=O) groups is 1. The van der Waals surface area contributed by atoms with Crippen molar-refractivity contribution < 1.29 is 14.1 Å². The standard InChI is InChI=1S/C16H10FNO3S/c17-12-4-5-15-14(8-12)16(19)11(9-22-15)6-10-2-1-3-13(7-10)18(20)21/h1-8H,9H2. The van der Waals surface area contributed by atoms with Crippen LogP contribution in [0.2, 0.25) is 0 Å². The van der Waals surface area contributed by atoms with E-state index in [9.17, 15) is 19.3 Å². The number of Topliss-reactive ketones (excluding diaryl/α,β-unsaturated/α-hetero) is 1. The van der Waals surface area contributed by atoms with Gasteiger partial charge >= 0.3 is 0 Å². The lowest BCUT2D eigenvalue weighted by Gasteiger charge is -2.16. The summed E-state index contributed by atoms with van der Waals surface area (Å²) in [6.45, 7) is 0. The second kappa shape index (κ2) is 5.73. The molecule has 6 heteroatoms. The van der Waals surface area contributed by atoms with E-state index in [0.717, 1.165) is 4.90 Å². The highest BCUT2D eigenvalue weighted by Crippen LogP contribution is 2.34. The Morgan fingerprint density at radius 2 is 2.05 bits per heavy atom. The summed E-state index contributed by atoms with van der Waals surface area (Å²) >= 11 is 1.45. The molecule has 0 radical (unpaired) electrons. The highest BCUT2D eigenvalue weighted by molar-refractivity contribution is 7.99. The van der Waals surface area contributed by atoms with E-state index >= 15 is 0 Å². The van der Waals surface area contributed by atoms with Crippen LogP contribution in [0.15, 0.2) is 52.9 Å². The Balaban J connectivity index is 1.98. The minimum absolute atomic E-state index is 0.0308. The number of benzene rings is 2. The zero-order valence-electron chi connectivity index (χ0n) is 11.3. The third-order valence-electron chi connectivity index (χ3n) is 3.28. The molecule has 0 aliphatic carbocycles. The number of fused-ring (bicyclic) bond motifs is 1. The normalized spacial score (nSPS) is 15.7.